The van der Waals surface area contributed by atoms with Crippen LogP contribution in [0.25, 0.3) is 22.2 Å². The Morgan fingerprint density at radius 3 is 2.06 bits per heavy atom. The van der Waals surface area contributed by atoms with E-state index in [1.54, 1.807) is 18.5 Å². The smallest absolute Gasteiger partial charge is 0.342 e. The van der Waals surface area contributed by atoms with Crippen molar-refractivity contribution in [2.75, 3.05) is 0 Å². The molecule has 8 heteroatoms. The number of aryl methyl sites for hydroxylation is 2. The molecular weight excluding hydrogens is 454 g/mol. The highest BCUT2D eigenvalue weighted by Crippen LogP contribution is 2.37. The van der Waals surface area contributed by atoms with Crippen molar-refractivity contribution in [1.82, 2.24) is 9.55 Å². The van der Waals surface area contributed by atoms with E-state index in [2.05, 4.69) is 18.8 Å². The third-order valence-electron chi connectivity index (χ3n) is 5.99. The second-order valence-electron chi connectivity index (χ2n) is 8.10. The van der Waals surface area contributed by atoms with Crippen molar-refractivity contribution in [2.45, 2.75) is 45.6 Å². The molecular formula is C26H22F6N2. The number of pyridine rings is 1. The van der Waals surface area contributed by atoms with E-state index >= 15 is 0 Å². The van der Waals surface area contributed by atoms with Gasteiger partial charge in [0.25, 0.3) is 0 Å². The summed E-state index contributed by atoms with van der Waals surface area (Å²) < 4.78 is 81.5. The molecule has 0 saturated carbocycles. The summed E-state index contributed by atoms with van der Waals surface area (Å²) in [6, 6.07) is 11.2. The van der Waals surface area contributed by atoms with Gasteiger partial charge in [-0.05, 0) is 59.9 Å². The molecule has 0 aliphatic heterocycles. The first-order chi connectivity index (χ1) is 16.0. The Morgan fingerprint density at radius 2 is 1.47 bits per heavy atom. The molecule has 0 aliphatic rings. The number of rotatable bonds is 5. The standard InChI is InChI=1S/C26H22F6N2/c1-3-16-6-5-7-17(4-2)24(16)22-13-18-10-11-34(23(18)14-33-22)15-19-12-20(25(27,28)29)8-9-21(19)26(30,31)32/h5-14H,3-4,15H2,1-2H3. The molecule has 0 spiro atoms. The summed E-state index contributed by atoms with van der Waals surface area (Å²) in [5, 5.41) is 0.749. The Kier molecular flexibility index (Phi) is 6.18. The molecule has 2 nitrogen and oxygen atoms in total. The lowest BCUT2D eigenvalue weighted by molar-refractivity contribution is -0.141. The van der Waals surface area contributed by atoms with Gasteiger partial charge in [-0.3, -0.25) is 4.98 Å². The lowest BCUT2D eigenvalue weighted by Crippen LogP contribution is -2.14. The SMILES string of the molecule is CCc1cccc(CC)c1-c1cc2ccn(Cc3cc(C(F)(F)F)ccc3C(F)(F)F)c2cn1. The zero-order chi connectivity index (χ0) is 24.7. The summed E-state index contributed by atoms with van der Waals surface area (Å²) in [6.45, 7) is 3.75. The lowest BCUT2D eigenvalue weighted by Gasteiger charge is -2.17. The first-order valence-corrected chi connectivity index (χ1v) is 10.9. The van der Waals surface area contributed by atoms with Crippen molar-refractivity contribution in [3.05, 3.63) is 88.7 Å². The number of halogens is 6. The average Bonchev–Trinajstić information content (AvgIpc) is 3.18. The van der Waals surface area contributed by atoms with Gasteiger partial charge in [0.15, 0.2) is 0 Å². The molecule has 0 unspecified atom stereocenters. The van der Waals surface area contributed by atoms with E-state index in [1.165, 1.54) is 4.57 Å². The predicted molar refractivity (Wildman–Crippen MR) is 119 cm³/mol. The molecule has 4 aromatic rings. The summed E-state index contributed by atoms with van der Waals surface area (Å²) in [7, 11) is 0. The van der Waals surface area contributed by atoms with Crippen LogP contribution in [0.15, 0.2) is 60.9 Å². The molecule has 0 radical (unpaired) electrons. The molecule has 2 aromatic heterocycles. The third-order valence-corrected chi connectivity index (χ3v) is 5.99. The van der Waals surface area contributed by atoms with Crippen LogP contribution in [-0.2, 0) is 31.7 Å². The fourth-order valence-electron chi connectivity index (χ4n) is 4.29. The van der Waals surface area contributed by atoms with Gasteiger partial charge in [0.05, 0.1) is 28.5 Å². The van der Waals surface area contributed by atoms with Crippen LogP contribution in [0.3, 0.4) is 0 Å². The van der Waals surface area contributed by atoms with Gasteiger partial charge in [-0.25, -0.2) is 0 Å². The fourth-order valence-corrected chi connectivity index (χ4v) is 4.29. The topological polar surface area (TPSA) is 17.8 Å². The van der Waals surface area contributed by atoms with Crippen molar-refractivity contribution in [1.29, 1.82) is 0 Å². The number of nitrogens with zero attached hydrogens (tertiary/aromatic N) is 2. The summed E-state index contributed by atoms with van der Waals surface area (Å²) in [6.07, 6.45) is -4.73. The maximum absolute atomic E-state index is 13.5. The van der Waals surface area contributed by atoms with E-state index in [0.717, 1.165) is 40.6 Å². The summed E-state index contributed by atoms with van der Waals surface area (Å²) >= 11 is 0. The minimum absolute atomic E-state index is 0.366. The fraction of sp³-hybridized carbons (Fsp3) is 0.269. The normalized spacial score (nSPS) is 12.5. The third kappa shape index (κ3) is 4.54. The van der Waals surface area contributed by atoms with Gasteiger partial charge in [-0.1, -0.05) is 32.0 Å². The van der Waals surface area contributed by atoms with Crippen LogP contribution in [0.2, 0.25) is 0 Å². The lowest BCUT2D eigenvalue weighted by atomic mass is 9.94. The van der Waals surface area contributed by atoms with E-state index in [4.69, 9.17) is 0 Å². The Balaban J connectivity index is 1.78. The van der Waals surface area contributed by atoms with Gasteiger partial charge in [-0.2, -0.15) is 26.3 Å². The Bertz CT molecular complexity index is 1310. The quantitative estimate of drug-likeness (QED) is 0.268. The molecule has 2 aromatic carbocycles. The molecule has 0 amide bonds. The van der Waals surface area contributed by atoms with Crippen LogP contribution in [0.4, 0.5) is 26.3 Å². The van der Waals surface area contributed by atoms with Gasteiger partial charge in [0.2, 0.25) is 0 Å². The Hall–Kier alpha value is -3.29. The second kappa shape index (κ2) is 8.81. The van der Waals surface area contributed by atoms with Crippen molar-refractivity contribution >= 4 is 10.9 Å². The predicted octanol–water partition coefficient (Wildman–Crippen LogP) is 7.91. The van der Waals surface area contributed by atoms with Crippen LogP contribution in [0.5, 0.6) is 0 Å². The zero-order valence-corrected chi connectivity index (χ0v) is 18.6. The molecule has 0 saturated heterocycles. The van der Waals surface area contributed by atoms with Gasteiger partial charge in [0, 0.05) is 23.7 Å². The minimum Gasteiger partial charge on any atom is -0.342 e. The highest BCUT2D eigenvalue weighted by atomic mass is 19.4. The molecule has 4 rings (SSSR count). The molecule has 2 heterocycles. The Labute approximate surface area is 192 Å². The van der Waals surface area contributed by atoms with Crippen LogP contribution in [-0.4, -0.2) is 9.55 Å². The van der Waals surface area contributed by atoms with Crippen molar-refractivity contribution < 1.29 is 26.3 Å². The van der Waals surface area contributed by atoms with E-state index in [9.17, 15) is 26.3 Å². The molecule has 178 valence electrons. The first-order valence-electron chi connectivity index (χ1n) is 10.9. The molecule has 0 aliphatic carbocycles. The second-order valence-corrected chi connectivity index (χ2v) is 8.10. The molecule has 0 N–H and O–H groups in total. The number of aromatic nitrogens is 2. The summed E-state index contributed by atoms with van der Waals surface area (Å²) in [5.41, 5.74) is 1.98. The molecule has 0 atom stereocenters. The monoisotopic (exact) mass is 476 g/mol. The first kappa shape index (κ1) is 23.9. The van der Waals surface area contributed by atoms with E-state index < -0.39 is 29.0 Å². The van der Waals surface area contributed by atoms with E-state index in [-0.39, 0.29) is 6.54 Å². The highest BCUT2D eigenvalue weighted by molar-refractivity contribution is 5.84. The van der Waals surface area contributed by atoms with Crippen LogP contribution >= 0.6 is 0 Å². The highest BCUT2D eigenvalue weighted by Gasteiger charge is 2.37. The molecule has 0 fully saturated rings. The van der Waals surface area contributed by atoms with Crippen molar-refractivity contribution in [3.8, 4) is 11.3 Å². The molecule has 34 heavy (non-hydrogen) atoms. The number of benzene rings is 2. The minimum atomic E-state index is -4.77. The van der Waals surface area contributed by atoms with E-state index in [0.29, 0.717) is 23.7 Å². The van der Waals surface area contributed by atoms with Gasteiger partial charge in [0.1, 0.15) is 0 Å². The maximum Gasteiger partial charge on any atom is 0.416 e. The number of hydrogen-bond donors (Lipinski definition) is 0. The number of alkyl halides is 6. The molecule has 0 bridgehead atoms. The van der Waals surface area contributed by atoms with Gasteiger partial charge < -0.3 is 4.57 Å². The van der Waals surface area contributed by atoms with Crippen molar-refractivity contribution in [2.24, 2.45) is 0 Å². The average molecular weight is 476 g/mol. The van der Waals surface area contributed by atoms with E-state index in [1.807, 2.05) is 24.3 Å². The summed E-state index contributed by atoms with van der Waals surface area (Å²) in [5.74, 6) is 0. The maximum atomic E-state index is 13.5. The zero-order valence-electron chi connectivity index (χ0n) is 18.6. The largest absolute Gasteiger partial charge is 0.416 e. The number of fused-ring (bicyclic) bond motifs is 1. The van der Waals surface area contributed by atoms with Crippen LogP contribution in [0, 0.1) is 0 Å². The Morgan fingerprint density at radius 1 is 0.794 bits per heavy atom. The van der Waals surface area contributed by atoms with Crippen molar-refractivity contribution in [3.63, 3.8) is 0 Å². The summed E-state index contributed by atoms with van der Waals surface area (Å²) in [4.78, 5) is 4.57. The van der Waals surface area contributed by atoms with Gasteiger partial charge in [-0.15, -0.1) is 0 Å². The van der Waals surface area contributed by atoms with Crippen LogP contribution in [0.1, 0.15) is 41.7 Å². The van der Waals surface area contributed by atoms with Crippen LogP contribution < -0.4 is 0 Å². The van der Waals surface area contributed by atoms with Gasteiger partial charge >= 0.3 is 12.4 Å². The number of hydrogen-bond acceptors (Lipinski definition) is 1.